The zero-order valence-electron chi connectivity index (χ0n) is 21.5. The number of aliphatic imine (C=N–C) groups is 1. The van der Waals surface area contributed by atoms with E-state index in [1.165, 1.54) is 5.56 Å². The molecule has 6 nitrogen and oxygen atoms in total. The second kappa shape index (κ2) is 11.2. The predicted molar refractivity (Wildman–Crippen MR) is 153 cm³/mol. The molecule has 0 bridgehead atoms. The topological polar surface area (TPSA) is 65.0 Å². The number of rotatable bonds is 8. The van der Waals surface area contributed by atoms with Crippen LogP contribution in [0.3, 0.4) is 0 Å². The number of hydrogen-bond acceptors (Lipinski definition) is 4. The van der Waals surface area contributed by atoms with Gasteiger partial charge in [0.25, 0.3) is 0 Å². The Hall–Kier alpha value is -4.55. The van der Waals surface area contributed by atoms with Gasteiger partial charge in [-0.2, -0.15) is 0 Å². The highest BCUT2D eigenvalue weighted by molar-refractivity contribution is 6.24. The van der Waals surface area contributed by atoms with Gasteiger partial charge in [0.15, 0.2) is 0 Å². The number of nitrogens with one attached hydrogen (secondary N) is 1. The third-order valence-electron chi connectivity index (χ3n) is 6.70. The van der Waals surface area contributed by atoms with E-state index in [-0.39, 0.29) is 11.8 Å². The molecule has 1 atom stereocenters. The van der Waals surface area contributed by atoms with Gasteiger partial charge in [-0.1, -0.05) is 78.9 Å². The number of carbonyl (C=O) groups excluding carboxylic acids is 2. The molecule has 38 heavy (non-hydrogen) atoms. The van der Waals surface area contributed by atoms with Gasteiger partial charge < -0.3 is 10.2 Å². The van der Waals surface area contributed by atoms with Gasteiger partial charge in [0.2, 0.25) is 11.8 Å². The van der Waals surface area contributed by atoms with Crippen LogP contribution in [0.25, 0.3) is 0 Å². The molecular formula is C32H30N4O2. The fourth-order valence-corrected chi connectivity index (χ4v) is 4.71. The zero-order valence-corrected chi connectivity index (χ0v) is 21.5. The lowest BCUT2D eigenvalue weighted by Gasteiger charge is -2.22. The van der Waals surface area contributed by atoms with Crippen LogP contribution in [-0.2, 0) is 16.1 Å². The number of nitrogens with zero attached hydrogens (tertiary/aromatic N) is 3. The van der Waals surface area contributed by atoms with Crippen LogP contribution >= 0.6 is 0 Å². The third-order valence-corrected chi connectivity index (χ3v) is 6.70. The first-order valence-electron chi connectivity index (χ1n) is 12.6. The minimum Gasteiger partial charge on any atom is -0.325 e. The average molecular weight is 503 g/mol. The minimum atomic E-state index is -0.502. The van der Waals surface area contributed by atoms with E-state index in [9.17, 15) is 9.59 Å². The molecule has 5 rings (SSSR count). The van der Waals surface area contributed by atoms with Gasteiger partial charge in [0, 0.05) is 25.0 Å². The van der Waals surface area contributed by atoms with Crippen LogP contribution in [0.5, 0.6) is 0 Å². The monoisotopic (exact) mass is 502 g/mol. The Kier molecular flexibility index (Phi) is 7.43. The largest absolute Gasteiger partial charge is 0.325 e. The molecular weight excluding hydrogens is 472 g/mol. The lowest BCUT2D eigenvalue weighted by molar-refractivity contribution is -0.119. The van der Waals surface area contributed by atoms with Crippen LogP contribution < -0.4 is 10.2 Å². The molecule has 1 unspecified atom stereocenters. The van der Waals surface area contributed by atoms with Crippen molar-refractivity contribution < 1.29 is 9.59 Å². The number of carbonyl (C=O) groups is 2. The van der Waals surface area contributed by atoms with E-state index in [4.69, 9.17) is 4.99 Å². The Bertz CT molecular complexity index is 1450. The second-order valence-corrected chi connectivity index (χ2v) is 9.50. The molecule has 1 N–H and O–H groups in total. The molecule has 2 amide bonds. The summed E-state index contributed by atoms with van der Waals surface area (Å²) in [6, 6.07) is 35.2. The minimum absolute atomic E-state index is 0.00360. The summed E-state index contributed by atoms with van der Waals surface area (Å²) in [4.78, 5) is 34.6. The molecule has 1 heterocycles. The summed E-state index contributed by atoms with van der Waals surface area (Å²) in [6.07, 6.45) is 0. The molecule has 0 aliphatic carbocycles. The van der Waals surface area contributed by atoms with Crippen molar-refractivity contribution in [2.45, 2.75) is 12.5 Å². The van der Waals surface area contributed by atoms with Gasteiger partial charge in [0.05, 0.1) is 17.9 Å². The highest BCUT2D eigenvalue weighted by atomic mass is 16.2. The van der Waals surface area contributed by atoms with Crippen molar-refractivity contribution in [3.63, 3.8) is 0 Å². The Balaban J connectivity index is 1.35. The van der Waals surface area contributed by atoms with E-state index in [1.54, 1.807) is 11.9 Å². The van der Waals surface area contributed by atoms with Crippen molar-refractivity contribution in [2.24, 2.45) is 4.99 Å². The molecule has 6 heteroatoms. The molecule has 0 saturated carbocycles. The first kappa shape index (κ1) is 25.1. The van der Waals surface area contributed by atoms with Crippen molar-refractivity contribution >= 4 is 34.6 Å². The summed E-state index contributed by atoms with van der Waals surface area (Å²) in [6.45, 7) is 1.01. The molecule has 190 valence electrons. The van der Waals surface area contributed by atoms with Crippen molar-refractivity contribution in [2.75, 3.05) is 30.9 Å². The summed E-state index contributed by atoms with van der Waals surface area (Å²) in [7, 11) is 3.73. The highest BCUT2D eigenvalue weighted by Crippen LogP contribution is 2.36. The van der Waals surface area contributed by atoms with Crippen LogP contribution in [0.4, 0.5) is 17.1 Å². The second-order valence-electron chi connectivity index (χ2n) is 9.50. The van der Waals surface area contributed by atoms with Crippen molar-refractivity contribution in [3.05, 3.63) is 126 Å². The number of benzene rings is 4. The van der Waals surface area contributed by atoms with Crippen LogP contribution in [-0.4, -0.2) is 43.1 Å². The van der Waals surface area contributed by atoms with E-state index in [2.05, 4.69) is 17.4 Å². The van der Waals surface area contributed by atoms with Crippen molar-refractivity contribution in [1.29, 1.82) is 0 Å². The first-order chi connectivity index (χ1) is 18.5. The van der Waals surface area contributed by atoms with Crippen molar-refractivity contribution in [3.8, 4) is 0 Å². The average Bonchev–Trinajstić information content (AvgIpc) is 3.28. The fraction of sp³-hybridized carbons (Fsp3) is 0.156. The maximum absolute atomic E-state index is 13.0. The molecule has 4 aromatic carbocycles. The Morgan fingerprint density at radius 2 is 1.45 bits per heavy atom. The lowest BCUT2D eigenvalue weighted by atomic mass is 9.90. The van der Waals surface area contributed by atoms with Crippen LogP contribution in [0, 0.1) is 0 Å². The van der Waals surface area contributed by atoms with E-state index in [1.807, 2.05) is 109 Å². The molecule has 0 fully saturated rings. The van der Waals surface area contributed by atoms with Gasteiger partial charge >= 0.3 is 0 Å². The van der Waals surface area contributed by atoms with Crippen molar-refractivity contribution in [1.82, 2.24) is 4.90 Å². The van der Waals surface area contributed by atoms with Gasteiger partial charge in [0.1, 0.15) is 5.92 Å². The van der Waals surface area contributed by atoms with Gasteiger partial charge in [-0.15, -0.1) is 0 Å². The molecule has 0 radical (unpaired) electrons. The highest BCUT2D eigenvalue weighted by Gasteiger charge is 2.35. The maximum atomic E-state index is 13.0. The van der Waals surface area contributed by atoms with Crippen LogP contribution in [0.15, 0.2) is 114 Å². The molecule has 1 aliphatic heterocycles. The Morgan fingerprint density at radius 1 is 0.816 bits per heavy atom. The van der Waals surface area contributed by atoms with Crippen LogP contribution in [0.2, 0.25) is 0 Å². The molecule has 0 saturated heterocycles. The predicted octanol–water partition coefficient (Wildman–Crippen LogP) is 5.64. The van der Waals surface area contributed by atoms with E-state index >= 15 is 0 Å². The zero-order chi connectivity index (χ0) is 26.5. The van der Waals surface area contributed by atoms with Crippen LogP contribution in [0.1, 0.15) is 22.6 Å². The number of fused-ring (bicyclic) bond motifs is 1. The molecule has 1 aliphatic rings. The first-order valence-corrected chi connectivity index (χ1v) is 12.6. The van der Waals surface area contributed by atoms with Gasteiger partial charge in [-0.25, -0.2) is 0 Å². The number of likely N-dealkylation sites (N-methyl/N-ethyl adjacent to an activating group) is 2. The number of hydrogen-bond donors (Lipinski definition) is 1. The Morgan fingerprint density at radius 3 is 2.16 bits per heavy atom. The SMILES string of the molecule is CN(CC(=O)N(C)c1ccc(N=C(c2ccccc2)C2C(=O)Nc3ccccc32)cc1)Cc1ccccc1. The summed E-state index contributed by atoms with van der Waals surface area (Å²) in [5.41, 5.74) is 5.98. The standard InChI is InChI=1S/C32H30N4O2/c1-35(21-23-11-5-3-6-12-23)22-29(37)36(2)26-19-17-25(18-20-26)33-31(24-13-7-4-8-14-24)30-27-15-9-10-16-28(27)34-32(30)38/h3-20,30H,21-22H2,1-2H3,(H,34,38). The quantitative estimate of drug-likeness (QED) is 0.317. The van der Waals surface area contributed by atoms with E-state index < -0.39 is 5.92 Å². The third kappa shape index (κ3) is 5.56. The fourth-order valence-electron chi connectivity index (χ4n) is 4.71. The van der Waals surface area contributed by atoms with Gasteiger partial charge in [-0.3, -0.25) is 19.5 Å². The maximum Gasteiger partial charge on any atom is 0.240 e. The molecule has 4 aromatic rings. The molecule has 0 aromatic heterocycles. The van der Waals surface area contributed by atoms with Gasteiger partial charge in [-0.05, 0) is 54.1 Å². The Labute approximate surface area is 223 Å². The smallest absolute Gasteiger partial charge is 0.240 e. The summed E-state index contributed by atoms with van der Waals surface area (Å²) < 4.78 is 0. The number of amides is 2. The number of para-hydroxylation sites is 1. The number of anilines is 2. The normalized spacial score (nSPS) is 14.8. The van der Waals surface area contributed by atoms with E-state index in [0.717, 1.165) is 22.5 Å². The molecule has 0 spiro atoms. The summed E-state index contributed by atoms with van der Waals surface area (Å²) in [5, 5.41) is 2.98. The summed E-state index contributed by atoms with van der Waals surface area (Å²) >= 11 is 0. The lowest BCUT2D eigenvalue weighted by Crippen LogP contribution is -2.36. The summed E-state index contributed by atoms with van der Waals surface area (Å²) in [5.74, 6) is -0.586. The van der Waals surface area contributed by atoms with E-state index in [0.29, 0.717) is 24.5 Å².